The Morgan fingerprint density at radius 1 is 1.38 bits per heavy atom. The second-order valence-corrected chi connectivity index (χ2v) is 6.28. The molecule has 1 aromatic carbocycles. The molecule has 7 heteroatoms. The normalized spacial score (nSPS) is 11.1. The Bertz CT molecular complexity index is 702. The molecule has 0 saturated carbocycles. The van der Waals surface area contributed by atoms with Crippen LogP contribution in [0.25, 0.3) is 0 Å². The lowest BCUT2D eigenvalue weighted by atomic mass is 10.2. The topological polar surface area (TPSA) is 78.0 Å². The predicted molar refractivity (Wildman–Crippen MR) is 98.8 cm³/mol. The fraction of sp³-hybridized carbons (Fsp3) is 0.353. The summed E-state index contributed by atoms with van der Waals surface area (Å²) in [6.07, 6.45) is 3.76. The van der Waals surface area contributed by atoms with Gasteiger partial charge in [-0.25, -0.2) is 4.98 Å². The van der Waals surface area contributed by atoms with Crippen molar-refractivity contribution in [3.63, 3.8) is 0 Å². The predicted octanol–water partition coefficient (Wildman–Crippen LogP) is 2.12. The van der Waals surface area contributed by atoms with Crippen LogP contribution in [0.3, 0.4) is 0 Å². The number of aliphatic imine (C=N–C) groups is 1. The SMILES string of the molecule is CN=C(NC#N)NCCSCc1ncn(Cc2ccccc2)c1C. The summed E-state index contributed by atoms with van der Waals surface area (Å²) in [7, 11) is 1.64. The molecule has 126 valence electrons. The minimum Gasteiger partial charge on any atom is -0.355 e. The Morgan fingerprint density at radius 2 is 2.17 bits per heavy atom. The van der Waals surface area contributed by atoms with Gasteiger partial charge in [0.2, 0.25) is 5.96 Å². The van der Waals surface area contributed by atoms with Crippen LogP contribution in [0.15, 0.2) is 41.7 Å². The van der Waals surface area contributed by atoms with Gasteiger partial charge >= 0.3 is 0 Å². The molecule has 2 rings (SSSR count). The zero-order valence-corrected chi connectivity index (χ0v) is 14.8. The van der Waals surface area contributed by atoms with E-state index in [9.17, 15) is 0 Å². The molecule has 24 heavy (non-hydrogen) atoms. The molecule has 2 aromatic rings. The van der Waals surface area contributed by atoms with Crippen LogP contribution in [0.5, 0.6) is 0 Å². The second-order valence-electron chi connectivity index (χ2n) is 5.18. The molecular weight excluding hydrogens is 320 g/mol. The molecule has 0 aliphatic carbocycles. The summed E-state index contributed by atoms with van der Waals surface area (Å²) >= 11 is 1.81. The van der Waals surface area contributed by atoms with Gasteiger partial charge in [-0.1, -0.05) is 30.3 Å². The van der Waals surface area contributed by atoms with Gasteiger partial charge in [0, 0.05) is 37.3 Å². The molecule has 0 atom stereocenters. The van der Waals surface area contributed by atoms with E-state index in [0.717, 1.165) is 30.3 Å². The van der Waals surface area contributed by atoms with Crippen molar-refractivity contribution < 1.29 is 0 Å². The van der Waals surface area contributed by atoms with Crippen LogP contribution in [0, 0.1) is 18.4 Å². The van der Waals surface area contributed by atoms with Crippen molar-refractivity contribution in [2.45, 2.75) is 19.2 Å². The van der Waals surface area contributed by atoms with Gasteiger partial charge < -0.3 is 9.88 Å². The highest BCUT2D eigenvalue weighted by Gasteiger charge is 2.07. The molecule has 1 aromatic heterocycles. The molecule has 0 aliphatic rings. The van der Waals surface area contributed by atoms with E-state index in [1.165, 1.54) is 11.3 Å². The van der Waals surface area contributed by atoms with E-state index in [2.05, 4.69) is 56.4 Å². The number of imidazole rings is 1. The summed E-state index contributed by atoms with van der Waals surface area (Å²) in [5.41, 5.74) is 3.61. The van der Waals surface area contributed by atoms with Gasteiger partial charge in [-0.05, 0) is 12.5 Å². The zero-order chi connectivity index (χ0) is 17.2. The van der Waals surface area contributed by atoms with Crippen LogP contribution in [-0.2, 0) is 12.3 Å². The molecular formula is C17H22N6S. The molecule has 0 saturated heterocycles. The molecule has 0 fully saturated rings. The molecule has 0 bridgehead atoms. The van der Waals surface area contributed by atoms with Crippen LogP contribution in [0.4, 0.5) is 0 Å². The highest BCUT2D eigenvalue weighted by atomic mass is 32.2. The van der Waals surface area contributed by atoms with E-state index in [-0.39, 0.29) is 0 Å². The average Bonchev–Trinajstić information content (AvgIpc) is 2.95. The van der Waals surface area contributed by atoms with Crippen LogP contribution in [0.2, 0.25) is 0 Å². The van der Waals surface area contributed by atoms with Gasteiger partial charge in [-0.3, -0.25) is 10.3 Å². The number of nitrogens with zero attached hydrogens (tertiary/aromatic N) is 4. The number of thioether (sulfide) groups is 1. The highest BCUT2D eigenvalue weighted by Crippen LogP contribution is 2.15. The maximum absolute atomic E-state index is 8.56. The minimum absolute atomic E-state index is 0.501. The molecule has 0 aliphatic heterocycles. The zero-order valence-electron chi connectivity index (χ0n) is 14.0. The average molecular weight is 342 g/mol. The third kappa shape index (κ3) is 5.32. The maximum atomic E-state index is 8.56. The number of benzene rings is 1. The van der Waals surface area contributed by atoms with E-state index in [1.54, 1.807) is 18.8 Å². The van der Waals surface area contributed by atoms with Crippen molar-refractivity contribution in [1.29, 1.82) is 5.26 Å². The molecule has 6 nitrogen and oxygen atoms in total. The van der Waals surface area contributed by atoms with Crippen molar-refractivity contribution in [3.8, 4) is 6.19 Å². The van der Waals surface area contributed by atoms with E-state index in [0.29, 0.717) is 5.96 Å². The van der Waals surface area contributed by atoms with Crippen LogP contribution in [0.1, 0.15) is 17.0 Å². The van der Waals surface area contributed by atoms with Gasteiger partial charge in [0.1, 0.15) is 0 Å². The second kappa shape index (κ2) is 9.63. The first kappa shape index (κ1) is 17.9. The molecule has 0 spiro atoms. The van der Waals surface area contributed by atoms with Crippen molar-refractivity contribution >= 4 is 17.7 Å². The monoisotopic (exact) mass is 342 g/mol. The summed E-state index contributed by atoms with van der Waals surface area (Å²) < 4.78 is 2.18. The van der Waals surface area contributed by atoms with Gasteiger partial charge in [0.25, 0.3) is 0 Å². The van der Waals surface area contributed by atoms with Crippen LogP contribution >= 0.6 is 11.8 Å². The first-order valence-electron chi connectivity index (χ1n) is 7.72. The number of guanidine groups is 1. The summed E-state index contributed by atoms with van der Waals surface area (Å²) in [5.74, 6) is 2.29. The van der Waals surface area contributed by atoms with Gasteiger partial charge in [-0.15, -0.1) is 0 Å². The Kier molecular flexibility index (Phi) is 7.18. The first-order valence-corrected chi connectivity index (χ1v) is 8.88. The number of aromatic nitrogens is 2. The standard InChI is InChI=1S/C17H22N6S/c1-14-16(11-24-9-8-20-17(19-2)21-12-18)22-13-23(14)10-15-6-4-3-5-7-15/h3-7,13H,8-11H2,1-2H3,(H2,19,20,21). The fourth-order valence-electron chi connectivity index (χ4n) is 2.21. The third-order valence-corrected chi connectivity index (χ3v) is 4.54. The van der Waals surface area contributed by atoms with Gasteiger partial charge in [0.05, 0.1) is 12.0 Å². The first-order chi connectivity index (χ1) is 11.7. The van der Waals surface area contributed by atoms with Crippen molar-refractivity contribution in [1.82, 2.24) is 20.2 Å². The molecule has 0 unspecified atom stereocenters. The van der Waals surface area contributed by atoms with Crippen LogP contribution in [-0.4, -0.2) is 34.9 Å². The van der Waals surface area contributed by atoms with Crippen LogP contribution < -0.4 is 10.6 Å². The summed E-state index contributed by atoms with van der Waals surface area (Å²) in [5, 5.41) is 14.1. The van der Waals surface area contributed by atoms with Gasteiger partial charge in [-0.2, -0.15) is 17.0 Å². The number of hydrogen-bond acceptors (Lipinski definition) is 4. The molecule has 1 heterocycles. The summed E-state index contributed by atoms with van der Waals surface area (Å²) in [4.78, 5) is 8.47. The lowest BCUT2D eigenvalue weighted by molar-refractivity contribution is 0.768. The van der Waals surface area contributed by atoms with Crippen molar-refractivity contribution in [2.24, 2.45) is 4.99 Å². The largest absolute Gasteiger partial charge is 0.355 e. The van der Waals surface area contributed by atoms with Crippen molar-refractivity contribution in [2.75, 3.05) is 19.3 Å². The van der Waals surface area contributed by atoms with E-state index < -0.39 is 0 Å². The molecule has 0 amide bonds. The number of hydrogen-bond donors (Lipinski definition) is 2. The Hall–Kier alpha value is -2.46. The Balaban J connectivity index is 1.77. The summed E-state index contributed by atoms with van der Waals surface area (Å²) in [6.45, 7) is 3.71. The van der Waals surface area contributed by atoms with E-state index in [1.807, 2.05) is 18.6 Å². The van der Waals surface area contributed by atoms with E-state index >= 15 is 0 Å². The molecule has 0 radical (unpaired) electrons. The molecule has 2 N–H and O–H groups in total. The quantitative estimate of drug-likeness (QED) is 0.265. The highest BCUT2D eigenvalue weighted by molar-refractivity contribution is 7.98. The number of rotatable bonds is 7. The number of nitriles is 1. The lowest BCUT2D eigenvalue weighted by Crippen LogP contribution is -2.35. The smallest absolute Gasteiger partial charge is 0.204 e. The number of nitrogens with one attached hydrogen (secondary N) is 2. The Morgan fingerprint density at radius 3 is 2.88 bits per heavy atom. The Labute approximate surface area is 147 Å². The lowest BCUT2D eigenvalue weighted by Gasteiger charge is -2.07. The third-order valence-electron chi connectivity index (χ3n) is 3.57. The fourth-order valence-corrected chi connectivity index (χ4v) is 3.08. The van der Waals surface area contributed by atoms with E-state index in [4.69, 9.17) is 5.26 Å². The summed E-state index contributed by atoms with van der Waals surface area (Å²) in [6, 6.07) is 10.4. The van der Waals surface area contributed by atoms with Crippen molar-refractivity contribution in [3.05, 3.63) is 53.6 Å². The minimum atomic E-state index is 0.501. The maximum Gasteiger partial charge on any atom is 0.204 e. The van der Waals surface area contributed by atoms with Gasteiger partial charge in [0.15, 0.2) is 6.19 Å².